The highest BCUT2D eigenvalue weighted by Crippen LogP contribution is 2.25. The normalized spacial score (nSPS) is 12.2. The van der Waals surface area contributed by atoms with Crippen molar-refractivity contribution in [3.8, 4) is 11.1 Å². The molecule has 3 nitrogen and oxygen atoms in total. The van der Waals surface area contributed by atoms with Crippen LogP contribution < -0.4 is 0 Å². The molecule has 1 heterocycles. The minimum Gasteiger partial charge on any atom is -0.481 e. The molecule has 2 rings (SSSR count). The Morgan fingerprint density at radius 2 is 1.80 bits per heavy atom. The number of carbonyl (C=O) groups is 1. The molecule has 1 atom stereocenters. The number of nitrogens with zero attached hydrogens (tertiary/aromatic N) is 1. The third-order valence-corrected chi connectivity index (χ3v) is 3.01. The van der Waals surface area contributed by atoms with Crippen molar-refractivity contribution >= 4 is 5.97 Å². The number of carboxylic acid groups (broad SMARTS) is 1. The van der Waals surface area contributed by atoms with Crippen molar-refractivity contribution in [3.05, 3.63) is 53.9 Å². The highest BCUT2D eigenvalue weighted by molar-refractivity contribution is 5.68. The van der Waals surface area contributed by atoms with Crippen molar-refractivity contribution in [1.82, 2.24) is 4.98 Å². The molecule has 1 aromatic heterocycles. The van der Waals surface area contributed by atoms with Crippen LogP contribution in [0, 0.1) is 11.6 Å². The monoisotopic (exact) mass is 277 g/mol. The van der Waals surface area contributed by atoms with Gasteiger partial charge in [0.1, 0.15) is 11.6 Å². The van der Waals surface area contributed by atoms with Gasteiger partial charge < -0.3 is 5.11 Å². The van der Waals surface area contributed by atoms with E-state index in [9.17, 15) is 13.6 Å². The van der Waals surface area contributed by atoms with Crippen LogP contribution in [0.5, 0.6) is 0 Å². The zero-order valence-corrected chi connectivity index (χ0v) is 10.8. The molecule has 5 heteroatoms. The molecule has 0 aliphatic rings. The third kappa shape index (κ3) is 3.38. The number of benzene rings is 1. The number of aliphatic carboxylic acids is 1. The van der Waals surface area contributed by atoms with Gasteiger partial charge in [0, 0.05) is 24.0 Å². The Balaban J connectivity index is 2.36. The van der Waals surface area contributed by atoms with Gasteiger partial charge in [-0.3, -0.25) is 9.78 Å². The fourth-order valence-corrected chi connectivity index (χ4v) is 1.99. The van der Waals surface area contributed by atoms with Gasteiger partial charge in [-0.05, 0) is 35.2 Å². The van der Waals surface area contributed by atoms with Gasteiger partial charge >= 0.3 is 5.97 Å². The van der Waals surface area contributed by atoms with E-state index < -0.39 is 17.6 Å². The van der Waals surface area contributed by atoms with Crippen LogP contribution in [0.2, 0.25) is 0 Å². The molecule has 0 spiro atoms. The second-order valence-electron chi connectivity index (χ2n) is 4.66. The van der Waals surface area contributed by atoms with Crippen LogP contribution >= 0.6 is 0 Å². The second-order valence-corrected chi connectivity index (χ2v) is 4.66. The quantitative estimate of drug-likeness (QED) is 0.928. The third-order valence-electron chi connectivity index (χ3n) is 3.01. The number of rotatable bonds is 4. The van der Waals surface area contributed by atoms with E-state index in [1.807, 2.05) is 0 Å². The standard InChI is InChI=1S/C15H13F2NO2/c1-9(2-15(19)20)11-3-12(8-18-7-11)10-4-13(16)6-14(17)5-10/h3-9H,2H2,1H3,(H,19,20). The maximum absolute atomic E-state index is 13.2. The number of pyridine rings is 1. The van der Waals surface area contributed by atoms with E-state index in [1.165, 1.54) is 18.3 Å². The minimum atomic E-state index is -0.903. The van der Waals surface area contributed by atoms with Gasteiger partial charge in [0.25, 0.3) is 0 Å². The molecule has 1 N–H and O–H groups in total. The van der Waals surface area contributed by atoms with Crippen LogP contribution in [0.25, 0.3) is 11.1 Å². The van der Waals surface area contributed by atoms with Crippen molar-refractivity contribution in [2.24, 2.45) is 0 Å². The van der Waals surface area contributed by atoms with Crippen LogP contribution in [-0.4, -0.2) is 16.1 Å². The highest BCUT2D eigenvalue weighted by Gasteiger charge is 2.12. The zero-order chi connectivity index (χ0) is 14.7. The van der Waals surface area contributed by atoms with Crippen molar-refractivity contribution in [3.63, 3.8) is 0 Å². The average Bonchev–Trinajstić information content (AvgIpc) is 2.37. The number of hydrogen-bond acceptors (Lipinski definition) is 2. The molecule has 0 saturated carbocycles. The SMILES string of the molecule is CC(CC(=O)O)c1cncc(-c2cc(F)cc(F)c2)c1. The average molecular weight is 277 g/mol. The van der Waals surface area contributed by atoms with Crippen molar-refractivity contribution < 1.29 is 18.7 Å². The summed E-state index contributed by atoms with van der Waals surface area (Å²) in [4.78, 5) is 14.7. The van der Waals surface area contributed by atoms with Crippen molar-refractivity contribution in [2.45, 2.75) is 19.3 Å². The van der Waals surface area contributed by atoms with Gasteiger partial charge in [0.2, 0.25) is 0 Å². The summed E-state index contributed by atoms with van der Waals surface area (Å²) in [5.41, 5.74) is 1.65. The second kappa shape index (κ2) is 5.77. The molecule has 1 aromatic carbocycles. The molecule has 0 fully saturated rings. The summed E-state index contributed by atoms with van der Waals surface area (Å²) in [6, 6.07) is 4.93. The Hall–Kier alpha value is -2.30. The number of hydrogen-bond donors (Lipinski definition) is 1. The summed E-state index contributed by atoms with van der Waals surface area (Å²) in [6.07, 6.45) is 3.03. The first-order valence-corrected chi connectivity index (χ1v) is 6.09. The molecule has 104 valence electrons. The Labute approximate surface area is 114 Å². The number of aromatic nitrogens is 1. The summed E-state index contributed by atoms with van der Waals surface area (Å²) in [5, 5.41) is 8.78. The molecule has 0 aliphatic carbocycles. The molecule has 1 unspecified atom stereocenters. The summed E-state index contributed by atoms with van der Waals surface area (Å²) < 4.78 is 26.4. The van der Waals surface area contributed by atoms with E-state index in [1.54, 1.807) is 19.2 Å². The lowest BCUT2D eigenvalue weighted by Crippen LogP contribution is -2.03. The molecule has 20 heavy (non-hydrogen) atoms. The van der Waals surface area contributed by atoms with E-state index in [4.69, 9.17) is 5.11 Å². The molecule has 0 radical (unpaired) electrons. The van der Waals surface area contributed by atoms with Gasteiger partial charge in [-0.2, -0.15) is 0 Å². The summed E-state index contributed by atoms with van der Waals surface area (Å²) in [6.45, 7) is 1.76. The van der Waals surface area contributed by atoms with Gasteiger partial charge in [-0.15, -0.1) is 0 Å². The van der Waals surface area contributed by atoms with Gasteiger partial charge in [-0.1, -0.05) is 6.92 Å². The first kappa shape index (κ1) is 14.1. The number of carboxylic acids is 1. The molecule has 0 aliphatic heterocycles. The zero-order valence-electron chi connectivity index (χ0n) is 10.8. The van der Waals surface area contributed by atoms with Crippen LogP contribution in [0.1, 0.15) is 24.8 Å². The molecule has 0 amide bonds. The largest absolute Gasteiger partial charge is 0.481 e. The van der Waals surface area contributed by atoms with Gasteiger partial charge in [-0.25, -0.2) is 8.78 Å². The highest BCUT2D eigenvalue weighted by atomic mass is 19.1. The van der Waals surface area contributed by atoms with Crippen molar-refractivity contribution in [1.29, 1.82) is 0 Å². The summed E-state index contributed by atoms with van der Waals surface area (Å²) in [5.74, 6) is -2.45. The van der Waals surface area contributed by atoms with E-state index in [0.29, 0.717) is 11.1 Å². The van der Waals surface area contributed by atoms with E-state index in [-0.39, 0.29) is 12.3 Å². The van der Waals surface area contributed by atoms with Gasteiger partial charge in [0.05, 0.1) is 6.42 Å². The molecular formula is C15H13F2NO2. The van der Waals surface area contributed by atoms with Crippen LogP contribution in [0.3, 0.4) is 0 Å². The lowest BCUT2D eigenvalue weighted by molar-refractivity contribution is -0.137. The van der Waals surface area contributed by atoms with E-state index in [0.717, 1.165) is 11.6 Å². The van der Waals surface area contributed by atoms with Crippen LogP contribution in [-0.2, 0) is 4.79 Å². The minimum absolute atomic E-state index is 0.0252. The Kier molecular flexibility index (Phi) is 4.08. The lowest BCUT2D eigenvalue weighted by atomic mass is 9.96. The predicted octanol–water partition coefficient (Wildman–Crippen LogP) is 3.61. The topological polar surface area (TPSA) is 50.2 Å². The van der Waals surface area contributed by atoms with Crippen LogP contribution in [0.15, 0.2) is 36.7 Å². The fourth-order valence-electron chi connectivity index (χ4n) is 1.99. The smallest absolute Gasteiger partial charge is 0.303 e. The number of halogens is 2. The predicted molar refractivity (Wildman–Crippen MR) is 70.3 cm³/mol. The maximum atomic E-state index is 13.2. The fraction of sp³-hybridized carbons (Fsp3) is 0.200. The van der Waals surface area contributed by atoms with E-state index >= 15 is 0 Å². The molecule has 0 bridgehead atoms. The first-order valence-electron chi connectivity index (χ1n) is 6.09. The Bertz CT molecular complexity index is 623. The molecule has 0 saturated heterocycles. The van der Waals surface area contributed by atoms with Crippen molar-refractivity contribution in [2.75, 3.05) is 0 Å². The van der Waals surface area contributed by atoms with E-state index in [2.05, 4.69) is 4.98 Å². The summed E-state index contributed by atoms with van der Waals surface area (Å²) in [7, 11) is 0. The molecular weight excluding hydrogens is 264 g/mol. The lowest BCUT2D eigenvalue weighted by Gasteiger charge is -2.10. The Morgan fingerprint density at radius 1 is 1.15 bits per heavy atom. The Morgan fingerprint density at radius 3 is 2.40 bits per heavy atom. The van der Waals surface area contributed by atoms with Gasteiger partial charge in [0.15, 0.2) is 0 Å². The maximum Gasteiger partial charge on any atom is 0.303 e. The molecule has 2 aromatic rings. The van der Waals surface area contributed by atoms with Crippen LogP contribution in [0.4, 0.5) is 8.78 Å². The summed E-state index contributed by atoms with van der Waals surface area (Å²) >= 11 is 0. The first-order chi connectivity index (χ1) is 9.45.